The van der Waals surface area contributed by atoms with Crippen molar-refractivity contribution in [3.8, 4) is 0 Å². The maximum Gasteiger partial charge on any atom is 0.162 e. The fraction of sp³-hybridized carbons (Fsp3) is 0.571. The third-order valence-electron chi connectivity index (χ3n) is 1.91. The fourth-order valence-corrected chi connectivity index (χ4v) is 1.63. The van der Waals surface area contributed by atoms with Crippen molar-refractivity contribution in [2.45, 2.75) is 6.04 Å². The minimum atomic E-state index is 0.538. The van der Waals surface area contributed by atoms with Gasteiger partial charge in [0.2, 0.25) is 0 Å². The van der Waals surface area contributed by atoms with Crippen LogP contribution in [-0.4, -0.2) is 28.9 Å². The van der Waals surface area contributed by atoms with Crippen LogP contribution in [0, 0.1) is 0 Å². The van der Waals surface area contributed by atoms with E-state index in [0.29, 0.717) is 6.04 Å². The molecule has 0 amide bonds. The lowest BCUT2D eigenvalue weighted by Crippen LogP contribution is -2.51. The lowest BCUT2D eigenvalue weighted by molar-refractivity contribution is 0.470. The molecule has 2 heterocycles. The van der Waals surface area contributed by atoms with Crippen LogP contribution in [0.15, 0.2) is 10.7 Å². The highest BCUT2D eigenvalue weighted by Crippen LogP contribution is 2.20. The summed E-state index contributed by atoms with van der Waals surface area (Å²) < 4.78 is 2.82. The highest BCUT2D eigenvalue weighted by Gasteiger charge is 2.18. The predicted molar refractivity (Wildman–Crippen MR) is 51.2 cm³/mol. The van der Waals surface area contributed by atoms with E-state index in [0.717, 1.165) is 23.4 Å². The molecule has 5 heteroatoms. The highest BCUT2D eigenvalue weighted by molar-refractivity contribution is 9.10. The van der Waals surface area contributed by atoms with Crippen molar-refractivity contribution in [3.05, 3.63) is 10.7 Å². The van der Waals surface area contributed by atoms with Gasteiger partial charge >= 0.3 is 0 Å². The van der Waals surface area contributed by atoms with Crippen molar-refractivity contribution in [2.24, 2.45) is 7.05 Å². The van der Waals surface area contributed by atoms with Gasteiger partial charge in [-0.15, -0.1) is 0 Å². The van der Waals surface area contributed by atoms with E-state index in [4.69, 9.17) is 0 Å². The summed E-state index contributed by atoms with van der Waals surface area (Å²) in [5.41, 5.74) is 0. The molecule has 2 rings (SSSR count). The molecule has 0 atom stereocenters. The van der Waals surface area contributed by atoms with Gasteiger partial charge in [-0.1, -0.05) is 0 Å². The maximum absolute atomic E-state index is 4.26. The van der Waals surface area contributed by atoms with E-state index in [1.54, 1.807) is 4.68 Å². The summed E-state index contributed by atoms with van der Waals surface area (Å²) in [7, 11) is 1.91. The van der Waals surface area contributed by atoms with E-state index >= 15 is 0 Å². The Labute approximate surface area is 79.5 Å². The fourth-order valence-electron chi connectivity index (χ4n) is 1.14. The van der Waals surface area contributed by atoms with Gasteiger partial charge in [0, 0.05) is 26.3 Å². The first-order valence-corrected chi connectivity index (χ1v) is 4.71. The van der Waals surface area contributed by atoms with Crippen LogP contribution >= 0.6 is 15.9 Å². The molecule has 1 aromatic heterocycles. The zero-order chi connectivity index (χ0) is 8.55. The minimum absolute atomic E-state index is 0.538. The number of nitrogens with zero attached hydrogens (tertiary/aromatic N) is 2. The normalized spacial score (nSPS) is 17.5. The number of halogens is 1. The monoisotopic (exact) mass is 230 g/mol. The number of aromatic nitrogens is 2. The second-order valence-electron chi connectivity index (χ2n) is 3.00. The summed E-state index contributed by atoms with van der Waals surface area (Å²) in [4.78, 5) is 0. The first kappa shape index (κ1) is 8.07. The van der Waals surface area contributed by atoms with Gasteiger partial charge in [-0.25, -0.2) is 0 Å². The van der Waals surface area contributed by atoms with Crippen molar-refractivity contribution >= 4 is 21.7 Å². The number of anilines is 1. The van der Waals surface area contributed by atoms with Gasteiger partial charge in [-0.2, -0.15) is 5.10 Å². The van der Waals surface area contributed by atoms with Gasteiger partial charge in [-0.3, -0.25) is 4.68 Å². The van der Waals surface area contributed by atoms with Gasteiger partial charge in [0.15, 0.2) is 5.82 Å². The Morgan fingerprint density at radius 3 is 2.92 bits per heavy atom. The van der Waals surface area contributed by atoms with Crippen LogP contribution < -0.4 is 10.6 Å². The van der Waals surface area contributed by atoms with Crippen LogP contribution in [0.1, 0.15) is 0 Å². The molecular weight excluding hydrogens is 220 g/mol. The summed E-state index contributed by atoms with van der Waals surface area (Å²) in [5.74, 6) is 0.934. The zero-order valence-corrected chi connectivity index (χ0v) is 8.43. The van der Waals surface area contributed by atoms with E-state index in [1.165, 1.54) is 0 Å². The van der Waals surface area contributed by atoms with E-state index in [9.17, 15) is 0 Å². The minimum Gasteiger partial charge on any atom is -0.362 e. The van der Waals surface area contributed by atoms with Gasteiger partial charge < -0.3 is 10.6 Å². The average molecular weight is 231 g/mol. The summed E-state index contributed by atoms with van der Waals surface area (Å²) in [6.07, 6.45) is 1.94. The van der Waals surface area contributed by atoms with Crippen LogP contribution in [-0.2, 0) is 7.05 Å². The zero-order valence-electron chi connectivity index (χ0n) is 6.84. The largest absolute Gasteiger partial charge is 0.362 e. The molecule has 1 aliphatic rings. The molecule has 0 saturated carbocycles. The maximum atomic E-state index is 4.26. The molecule has 12 heavy (non-hydrogen) atoms. The third kappa shape index (κ3) is 1.47. The molecule has 66 valence electrons. The Bertz CT molecular complexity index is 279. The number of hydrogen-bond acceptors (Lipinski definition) is 3. The number of aryl methyl sites for hydroxylation is 1. The predicted octanol–water partition coefficient (Wildman–Crippen LogP) is 0.566. The SMILES string of the molecule is Cn1cc(Br)c(NC2CNC2)n1. The van der Waals surface area contributed by atoms with Crippen LogP contribution in [0.25, 0.3) is 0 Å². The molecule has 0 unspecified atom stereocenters. The summed E-state index contributed by atoms with van der Waals surface area (Å²) >= 11 is 3.43. The van der Waals surface area contributed by atoms with Crippen molar-refractivity contribution < 1.29 is 0 Å². The van der Waals surface area contributed by atoms with Crippen LogP contribution in [0.3, 0.4) is 0 Å². The Morgan fingerprint density at radius 1 is 1.75 bits per heavy atom. The van der Waals surface area contributed by atoms with E-state index in [1.807, 2.05) is 13.2 Å². The number of rotatable bonds is 2. The van der Waals surface area contributed by atoms with Crippen LogP contribution in [0.4, 0.5) is 5.82 Å². The second-order valence-corrected chi connectivity index (χ2v) is 3.85. The first-order chi connectivity index (χ1) is 5.75. The topological polar surface area (TPSA) is 41.9 Å². The molecule has 1 saturated heterocycles. The molecule has 1 fully saturated rings. The van der Waals surface area contributed by atoms with Gasteiger partial charge in [0.05, 0.1) is 10.5 Å². The Morgan fingerprint density at radius 2 is 2.50 bits per heavy atom. The molecule has 1 aromatic rings. The van der Waals surface area contributed by atoms with E-state index < -0.39 is 0 Å². The Hall–Kier alpha value is -0.550. The van der Waals surface area contributed by atoms with Gasteiger partial charge in [0.25, 0.3) is 0 Å². The summed E-state index contributed by atoms with van der Waals surface area (Å²) in [5, 5.41) is 10.8. The standard InChI is InChI=1S/C7H11BrN4/c1-12-4-6(8)7(11-12)10-5-2-9-3-5/h4-5,9H,2-3H2,1H3,(H,10,11). The van der Waals surface area contributed by atoms with Crippen LogP contribution in [0.5, 0.6) is 0 Å². The molecular formula is C7H11BrN4. The first-order valence-electron chi connectivity index (χ1n) is 3.92. The van der Waals surface area contributed by atoms with Crippen molar-refractivity contribution in [2.75, 3.05) is 18.4 Å². The lowest BCUT2D eigenvalue weighted by atomic mass is 10.2. The Balaban J connectivity index is 2.05. The highest BCUT2D eigenvalue weighted by atomic mass is 79.9. The molecule has 0 aromatic carbocycles. The van der Waals surface area contributed by atoms with Crippen molar-refractivity contribution in [1.29, 1.82) is 0 Å². The van der Waals surface area contributed by atoms with Gasteiger partial charge in [0.1, 0.15) is 0 Å². The number of hydrogen-bond donors (Lipinski definition) is 2. The molecule has 0 radical (unpaired) electrons. The Kier molecular flexibility index (Phi) is 2.06. The third-order valence-corrected chi connectivity index (χ3v) is 2.49. The lowest BCUT2D eigenvalue weighted by Gasteiger charge is -2.27. The van der Waals surface area contributed by atoms with Crippen LogP contribution in [0.2, 0.25) is 0 Å². The molecule has 0 bridgehead atoms. The molecule has 2 N–H and O–H groups in total. The number of nitrogens with one attached hydrogen (secondary N) is 2. The van der Waals surface area contributed by atoms with Gasteiger partial charge in [-0.05, 0) is 15.9 Å². The average Bonchev–Trinajstić information content (AvgIpc) is 2.21. The van der Waals surface area contributed by atoms with Crippen molar-refractivity contribution in [1.82, 2.24) is 15.1 Å². The molecule has 4 nitrogen and oxygen atoms in total. The molecule has 1 aliphatic heterocycles. The second kappa shape index (κ2) is 3.06. The quantitative estimate of drug-likeness (QED) is 0.781. The smallest absolute Gasteiger partial charge is 0.162 e. The van der Waals surface area contributed by atoms with E-state index in [-0.39, 0.29) is 0 Å². The van der Waals surface area contributed by atoms with Crippen molar-refractivity contribution in [3.63, 3.8) is 0 Å². The summed E-state index contributed by atoms with van der Waals surface area (Å²) in [6.45, 7) is 2.06. The van der Waals surface area contributed by atoms with E-state index in [2.05, 4.69) is 31.7 Å². The molecule has 0 spiro atoms. The molecule has 0 aliphatic carbocycles. The summed E-state index contributed by atoms with van der Waals surface area (Å²) in [6, 6.07) is 0.538.